The molecule has 0 spiro atoms. The molecule has 1 heterocycles. The SMILES string of the molecule is COc1ccc(N2C(=O)NC(=O)/C(=C/c3ccc(OC)c(COc4ccc(NC(C)=O)cc4)c3)C2=O)cc1. The van der Waals surface area contributed by atoms with Gasteiger partial charge in [0.15, 0.2) is 0 Å². The number of hydrogen-bond acceptors (Lipinski definition) is 7. The quantitative estimate of drug-likeness (QED) is 0.344. The monoisotopic (exact) mass is 515 g/mol. The third-order valence-electron chi connectivity index (χ3n) is 5.62. The summed E-state index contributed by atoms with van der Waals surface area (Å²) in [4.78, 5) is 50.3. The lowest BCUT2D eigenvalue weighted by molar-refractivity contribution is -0.122. The number of anilines is 2. The molecule has 0 saturated carbocycles. The van der Waals surface area contributed by atoms with Gasteiger partial charge in [0.1, 0.15) is 29.4 Å². The van der Waals surface area contributed by atoms with Crippen molar-refractivity contribution < 1.29 is 33.4 Å². The summed E-state index contributed by atoms with van der Waals surface area (Å²) >= 11 is 0. The van der Waals surface area contributed by atoms with Crippen LogP contribution in [0.25, 0.3) is 6.08 Å². The maximum Gasteiger partial charge on any atom is 0.335 e. The molecule has 0 bridgehead atoms. The summed E-state index contributed by atoms with van der Waals surface area (Å²) in [5.41, 5.74) is 1.94. The Kier molecular flexibility index (Phi) is 7.72. The lowest BCUT2D eigenvalue weighted by atomic mass is 10.0. The van der Waals surface area contributed by atoms with E-state index < -0.39 is 17.8 Å². The summed E-state index contributed by atoms with van der Waals surface area (Å²) in [6, 6.07) is 17.5. The minimum atomic E-state index is -0.837. The average molecular weight is 516 g/mol. The van der Waals surface area contributed by atoms with Crippen molar-refractivity contribution in [3.63, 3.8) is 0 Å². The second-order valence-corrected chi connectivity index (χ2v) is 8.22. The summed E-state index contributed by atoms with van der Waals surface area (Å²) in [6.07, 6.45) is 1.41. The average Bonchev–Trinajstić information content (AvgIpc) is 2.90. The Labute approximate surface area is 218 Å². The highest BCUT2D eigenvalue weighted by Gasteiger charge is 2.36. The van der Waals surface area contributed by atoms with E-state index in [4.69, 9.17) is 14.2 Å². The van der Waals surface area contributed by atoms with Crippen LogP contribution in [-0.2, 0) is 21.0 Å². The number of nitrogens with one attached hydrogen (secondary N) is 2. The van der Waals surface area contributed by atoms with Crippen molar-refractivity contribution in [3.8, 4) is 17.2 Å². The molecule has 1 aliphatic rings. The van der Waals surface area contributed by atoms with E-state index in [1.165, 1.54) is 27.2 Å². The lowest BCUT2D eigenvalue weighted by Crippen LogP contribution is -2.54. The summed E-state index contributed by atoms with van der Waals surface area (Å²) < 4.78 is 16.4. The predicted octanol–water partition coefficient (Wildman–Crippen LogP) is 3.91. The van der Waals surface area contributed by atoms with Crippen molar-refractivity contribution in [1.29, 1.82) is 0 Å². The van der Waals surface area contributed by atoms with E-state index in [2.05, 4.69) is 10.6 Å². The molecule has 10 heteroatoms. The Morgan fingerprint density at radius 2 is 1.61 bits per heavy atom. The Morgan fingerprint density at radius 3 is 2.24 bits per heavy atom. The Hall–Kier alpha value is -5.12. The molecule has 194 valence electrons. The van der Waals surface area contributed by atoms with Crippen molar-refractivity contribution in [2.45, 2.75) is 13.5 Å². The Morgan fingerprint density at radius 1 is 0.921 bits per heavy atom. The fourth-order valence-electron chi connectivity index (χ4n) is 3.79. The second-order valence-electron chi connectivity index (χ2n) is 8.22. The molecule has 4 rings (SSSR count). The predicted molar refractivity (Wildman–Crippen MR) is 140 cm³/mol. The fraction of sp³-hybridized carbons (Fsp3) is 0.143. The topological polar surface area (TPSA) is 123 Å². The van der Waals surface area contributed by atoms with Gasteiger partial charge in [0, 0.05) is 18.2 Å². The van der Waals surface area contributed by atoms with E-state index in [1.54, 1.807) is 66.7 Å². The molecule has 2 N–H and O–H groups in total. The van der Waals surface area contributed by atoms with Gasteiger partial charge in [0.2, 0.25) is 5.91 Å². The molecule has 0 atom stereocenters. The van der Waals surface area contributed by atoms with Gasteiger partial charge in [-0.25, -0.2) is 9.69 Å². The van der Waals surface area contributed by atoms with Gasteiger partial charge < -0.3 is 19.5 Å². The van der Waals surface area contributed by atoms with Crippen LogP contribution in [0.4, 0.5) is 16.2 Å². The molecule has 0 aliphatic carbocycles. The summed E-state index contributed by atoms with van der Waals surface area (Å²) in [7, 11) is 3.03. The van der Waals surface area contributed by atoms with Crippen molar-refractivity contribution >= 4 is 41.2 Å². The molecule has 38 heavy (non-hydrogen) atoms. The van der Waals surface area contributed by atoms with Crippen LogP contribution in [0.2, 0.25) is 0 Å². The van der Waals surface area contributed by atoms with Gasteiger partial charge in [-0.15, -0.1) is 0 Å². The zero-order valence-electron chi connectivity index (χ0n) is 20.9. The highest BCUT2D eigenvalue weighted by molar-refractivity contribution is 6.39. The molecule has 1 fully saturated rings. The first kappa shape index (κ1) is 26.0. The van der Waals surface area contributed by atoms with E-state index in [9.17, 15) is 19.2 Å². The third-order valence-corrected chi connectivity index (χ3v) is 5.62. The van der Waals surface area contributed by atoms with Crippen molar-refractivity contribution in [1.82, 2.24) is 5.32 Å². The van der Waals surface area contributed by atoms with Crippen LogP contribution in [-0.4, -0.2) is 38.0 Å². The van der Waals surface area contributed by atoms with E-state index in [1.807, 2.05) is 0 Å². The number of nitrogens with zero attached hydrogens (tertiary/aromatic N) is 1. The number of benzene rings is 3. The first-order chi connectivity index (χ1) is 18.3. The van der Waals surface area contributed by atoms with Crippen LogP contribution < -0.4 is 29.7 Å². The fourth-order valence-corrected chi connectivity index (χ4v) is 3.79. The molecule has 3 aromatic carbocycles. The van der Waals surface area contributed by atoms with Crippen LogP contribution in [0, 0.1) is 0 Å². The van der Waals surface area contributed by atoms with Gasteiger partial charge in [-0.1, -0.05) is 6.07 Å². The van der Waals surface area contributed by atoms with Crippen LogP contribution >= 0.6 is 0 Å². The number of ether oxygens (including phenoxy) is 3. The zero-order chi connectivity index (χ0) is 27.2. The van der Waals surface area contributed by atoms with Crippen LogP contribution in [0.3, 0.4) is 0 Å². The largest absolute Gasteiger partial charge is 0.497 e. The molecule has 0 aromatic heterocycles. The number of urea groups is 1. The molecule has 0 unspecified atom stereocenters. The number of imide groups is 2. The highest BCUT2D eigenvalue weighted by Crippen LogP contribution is 2.27. The number of barbiturate groups is 1. The first-order valence-corrected chi connectivity index (χ1v) is 11.5. The standard InChI is InChI=1S/C28H25N3O7/c1-17(32)29-20-5-9-23(10-6-20)38-16-19-14-18(4-13-25(19)37-3)15-24-26(33)30-28(35)31(27(24)34)21-7-11-22(36-2)12-8-21/h4-15H,16H2,1-3H3,(H,29,32)(H,30,33,35)/b24-15-. The van der Waals surface area contributed by atoms with E-state index in [0.29, 0.717) is 39.8 Å². The van der Waals surface area contributed by atoms with E-state index in [-0.39, 0.29) is 18.1 Å². The van der Waals surface area contributed by atoms with E-state index in [0.717, 1.165) is 4.90 Å². The van der Waals surface area contributed by atoms with Crippen LogP contribution in [0.5, 0.6) is 17.2 Å². The minimum absolute atomic E-state index is 0.135. The maximum absolute atomic E-state index is 13.2. The molecule has 1 saturated heterocycles. The normalized spacial score (nSPS) is 14.2. The van der Waals surface area contributed by atoms with Gasteiger partial charge in [-0.3, -0.25) is 19.7 Å². The molecular weight excluding hydrogens is 490 g/mol. The van der Waals surface area contributed by atoms with Gasteiger partial charge in [-0.05, 0) is 72.3 Å². The second kappa shape index (κ2) is 11.3. The number of carbonyl (C=O) groups excluding carboxylic acids is 4. The molecule has 3 aromatic rings. The first-order valence-electron chi connectivity index (χ1n) is 11.5. The number of methoxy groups -OCH3 is 2. The van der Waals surface area contributed by atoms with Gasteiger partial charge in [-0.2, -0.15) is 0 Å². The Balaban J connectivity index is 1.56. The number of amides is 5. The summed E-state index contributed by atoms with van der Waals surface area (Å²) in [6.45, 7) is 1.56. The number of hydrogen-bond donors (Lipinski definition) is 2. The lowest BCUT2D eigenvalue weighted by Gasteiger charge is -2.26. The van der Waals surface area contributed by atoms with Gasteiger partial charge in [0.05, 0.1) is 19.9 Å². The molecule has 1 aliphatic heterocycles. The van der Waals surface area contributed by atoms with Crippen LogP contribution in [0.15, 0.2) is 72.3 Å². The zero-order valence-corrected chi connectivity index (χ0v) is 20.9. The summed E-state index contributed by atoms with van der Waals surface area (Å²) in [5.74, 6) is -0.0376. The van der Waals surface area contributed by atoms with Crippen molar-refractivity contribution in [2.24, 2.45) is 0 Å². The van der Waals surface area contributed by atoms with Crippen LogP contribution in [0.1, 0.15) is 18.1 Å². The number of carbonyl (C=O) groups is 4. The van der Waals surface area contributed by atoms with Crippen molar-refractivity contribution in [3.05, 3.63) is 83.4 Å². The molecule has 10 nitrogen and oxygen atoms in total. The number of rotatable bonds is 8. The highest BCUT2D eigenvalue weighted by atomic mass is 16.5. The smallest absolute Gasteiger partial charge is 0.335 e. The maximum atomic E-state index is 13.2. The molecule has 5 amide bonds. The van der Waals surface area contributed by atoms with E-state index >= 15 is 0 Å². The summed E-state index contributed by atoms with van der Waals surface area (Å²) in [5, 5.41) is 4.90. The minimum Gasteiger partial charge on any atom is -0.497 e. The van der Waals surface area contributed by atoms with Crippen molar-refractivity contribution in [2.75, 3.05) is 24.4 Å². The molecule has 0 radical (unpaired) electrons. The Bertz CT molecular complexity index is 1410. The third kappa shape index (κ3) is 5.81. The molecular formula is C28H25N3O7. The van der Waals surface area contributed by atoms with Gasteiger partial charge in [0.25, 0.3) is 11.8 Å². The van der Waals surface area contributed by atoms with Gasteiger partial charge >= 0.3 is 6.03 Å².